The minimum atomic E-state index is -1.44. The minimum Gasteiger partial charge on any atom is -0.386 e. The molecule has 1 saturated carbocycles. The molecule has 1 unspecified atom stereocenters. The van der Waals surface area contributed by atoms with E-state index in [0.29, 0.717) is 12.2 Å². The SMILES string of the molecule is C=C1C(O)[C@@H](F)[C@H](OC(C)(C)C)[C@H]1COC(C)(C)C. The fourth-order valence-electron chi connectivity index (χ4n) is 2.13. The van der Waals surface area contributed by atoms with E-state index in [1.54, 1.807) is 0 Å². The second-order valence-corrected chi connectivity index (χ2v) is 7.19. The fourth-order valence-corrected chi connectivity index (χ4v) is 2.13. The van der Waals surface area contributed by atoms with Crippen LogP contribution < -0.4 is 0 Å². The van der Waals surface area contributed by atoms with Gasteiger partial charge >= 0.3 is 0 Å². The summed E-state index contributed by atoms with van der Waals surface area (Å²) in [6, 6.07) is 0. The molecule has 4 heteroatoms. The topological polar surface area (TPSA) is 38.7 Å². The molecule has 0 aromatic carbocycles. The van der Waals surface area contributed by atoms with E-state index in [-0.39, 0.29) is 11.5 Å². The van der Waals surface area contributed by atoms with E-state index in [2.05, 4.69) is 6.58 Å². The molecule has 0 aliphatic heterocycles. The van der Waals surface area contributed by atoms with Crippen LogP contribution in [-0.4, -0.2) is 41.3 Å². The van der Waals surface area contributed by atoms with Crippen molar-refractivity contribution < 1.29 is 19.0 Å². The van der Waals surface area contributed by atoms with Crippen molar-refractivity contribution in [3.63, 3.8) is 0 Å². The van der Waals surface area contributed by atoms with E-state index >= 15 is 0 Å². The molecule has 1 fully saturated rings. The first-order chi connectivity index (χ1) is 8.42. The molecule has 0 aromatic rings. The Morgan fingerprint density at radius 3 is 2.11 bits per heavy atom. The van der Waals surface area contributed by atoms with Gasteiger partial charge in [-0.15, -0.1) is 0 Å². The smallest absolute Gasteiger partial charge is 0.156 e. The lowest BCUT2D eigenvalue weighted by molar-refractivity contribution is -0.122. The van der Waals surface area contributed by atoms with E-state index in [1.165, 1.54) is 0 Å². The Balaban J connectivity index is 2.81. The number of ether oxygens (including phenoxy) is 2. The summed E-state index contributed by atoms with van der Waals surface area (Å²) in [6.45, 7) is 15.5. The summed E-state index contributed by atoms with van der Waals surface area (Å²) < 4.78 is 25.6. The van der Waals surface area contributed by atoms with Crippen molar-refractivity contribution in [3.8, 4) is 0 Å². The highest BCUT2D eigenvalue weighted by molar-refractivity contribution is 5.21. The van der Waals surface area contributed by atoms with E-state index in [4.69, 9.17) is 9.47 Å². The third-order valence-electron chi connectivity index (χ3n) is 3.05. The first-order valence-electron chi connectivity index (χ1n) is 6.75. The average molecular weight is 274 g/mol. The van der Waals surface area contributed by atoms with E-state index in [0.717, 1.165) is 0 Å². The van der Waals surface area contributed by atoms with E-state index in [9.17, 15) is 9.50 Å². The van der Waals surface area contributed by atoms with Gasteiger partial charge < -0.3 is 14.6 Å². The third-order valence-corrected chi connectivity index (χ3v) is 3.05. The van der Waals surface area contributed by atoms with Crippen molar-refractivity contribution >= 4 is 0 Å². The largest absolute Gasteiger partial charge is 0.386 e. The highest BCUT2D eigenvalue weighted by Crippen LogP contribution is 2.38. The van der Waals surface area contributed by atoms with Gasteiger partial charge in [0, 0.05) is 5.92 Å². The van der Waals surface area contributed by atoms with Crippen LogP contribution in [0.5, 0.6) is 0 Å². The molecule has 4 atom stereocenters. The Hall–Kier alpha value is -0.450. The lowest BCUT2D eigenvalue weighted by atomic mass is 10.0. The van der Waals surface area contributed by atoms with Gasteiger partial charge in [-0.05, 0) is 47.1 Å². The van der Waals surface area contributed by atoms with Gasteiger partial charge in [-0.1, -0.05) is 6.58 Å². The van der Waals surface area contributed by atoms with Crippen LogP contribution in [0.1, 0.15) is 41.5 Å². The number of hydrogen-bond donors (Lipinski definition) is 1. The maximum absolute atomic E-state index is 14.1. The zero-order valence-electron chi connectivity index (χ0n) is 12.9. The number of hydrogen-bond acceptors (Lipinski definition) is 3. The van der Waals surface area contributed by atoms with Gasteiger partial charge in [0.15, 0.2) is 6.17 Å². The molecule has 0 spiro atoms. The number of aliphatic hydroxyl groups is 1. The Bertz CT molecular complexity index is 327. The number of halogens is 1. The summed E-state index contributed by atoms with van der Waals surface area (Å²) >= 11 is 0. The van der Waals surface area contributed by atoms with Gasteiger partial charge in [0.1, 0.15) is 12.2 Å². The Morgan fingerprint density at radius 1 is 1.16 bits per heavy atom. The van der Waals surface area contributed by atoms with Gasteiger partial charge in [-0.3, -0.25) is 0 Å². The van der Waals surface area contributed by atoms with Gasteiger partial charge in [-0.2, -0.15) is 0 Å². The zero-order chi connectivity index (χ0) is 15.0. The van der Waals surface area contributed by atoms with Crippen LogP contribution in [0.15, 0.2) is 12.2 Å². The van der Waals surface area contributed by atoms with Crippen molar-refractivity contribution in [3.05, 3.63) is 12.2 Å². The first-order valence-corrected chi connectivity index (χ1v) is 6.75. The molecule has 1 aliphatic rings. The van der Waals surface area contributed by atoms with Crippen molar-refractivity contribution in [2.24, 2.45) is 5.92 Å². The predicted octanol–water partition coefficient (Wildman–Crippen LogP) is 2.87. The minimum absolute atomic E-state index is 0.306. The van der Waals surface area contributed by atoms with Gasteiger partial charge in [0.2, 0.25) is 0 Å². The Morgan fingerprint density at radius 2 is 1.68 bits per heavy atom. The highest BCUT2D eigenvalue weighted by Gasteiger charge is 2.48. The standard InChI is InChI=1S/C15H27FO3/c1-9-10(8-18-14(2,3)4)13(11(16)12(9)17)19-15(5,6)7/h10-13,17H,1,8H2,2-7H3/t10-,11+,12?,13+/m0/s1. The van der Waals surface area contributed by atoms with Crippen LogP contribution >= 0.6 is 0 Å². The summed E-state index contributed by atoms with van der Waals surface area (Å²) in [5.41, 5.74) is -0.323. The average Bonchev–Trinajstić information content (AvgIpc) is 2.38. The Kier molecular flexibility index (Phi) is 4.81. The number of alkyl halides is 1. The van der Waals surface area contributed by atoms with E-state index in [1.807, 2.05) is 41.5 Å². The maximum atomic E-state index is 14.1. The molecule has 0 amide bonds. The summed E-state index contributed by atoms with van der Waals surface area (Å²) in [4.78, 5) is 0. The lowest BCUT2D eigenvalue weighted by Gasteiger charge is -2.31. The second-order valence-electron chi connectivity index (χ2n) is 7.19. The molecule has 3 nitrogen and oxygen atoms in total. The quantitative estimate of drug-likeness (QED) is 0.804. The summed E-state index contributed by atoms with van der Waals surface area (Å²) in [5.74, 6) is -0.316. The van der Waals surface area contributed by atoms with Crippen LogP contribution in [0.25, 0.3) is 0 Å². The third kappa shape index (κ3) is 4.55. The first kappa shape index (κ1) is 16.6. The van der Waals surface area contributed by atoms with Crippen molar-refractivity contribution in [2.75, 3.05) is 6.61 Å². The molecule has 1 rings (SSSR count). The normalized spacial score (nSPS) is 32.9. The summed E-state index contributed by atoms with van der Waals surface area (Å²) in [5, 5.41) is 9.82. The monoisotopic (exact) mass is 274 g/mol. The van der Waals surface area contributed by atoms with Crippen molar-refractivity contribution in [2.45, 2.75) is 71.1 Å². The molecule has 0 saturated heterocycles. The van der Waals surface area contributed by atoms with E-state index < -0.39 is 24.0 Å². The molecule has 0 bridgehead atoms. The highest BCUT2D eigenvalue weighted by atomic mass is 19.1. The van der Waals surface area contributed by atoms with Crippen LogP contribution in [0.3, 0.4) is 0 Å². The molecule has 0 heterocycles. The molecule has 0 aromatic heterocycles. The second kappa shape index (κ2) is 5.51. The van der Waals surface area contributed by atoms with Crippen molar-refractivity contribution in [1.82, 2.24) is 0 Å². The Labute approximate surface area is 115 Å². The lowest BCUT2D eigenvalue weighted by Crippen LogP contribution is -2.38. The van der Waals surface area contributed by atoms with Gasteiger partial charge in [0.05, 0.1) is 17.8 Å². The molecule has 19 heavy (non-hydrogen) atoms. The number of aliphatic hydroxyl groups excluding tert-OH is 1. The molecule has 1 aliphatic carbocycles. The number of rotatable bonds is 3. The molecular formula is C15H27FO3. The fraction of sp³-hybridized carbons (Fsp3) is 0.867. The molecule has 1 N–H and O–H groups in total. The molecular weight excluding hydrogens is 247 g/mol. The van der Waals surface area contributed by atoms with Crippen LogP contribution in [0, 0.1) is 5.92 Å². The van der Waals surface area contributed by atoms with Crippen molar-refractivity contribution in [1.29, 1.82) is 0 Å². The molecule has 112 valence electrons. The van der Waals surface area contributed by atoms with Crippen LogP contribution in [0.2, 0.25) is 0 Å². The van der Waals surface area contributed by atoms with Gasteiger partial charge in [-0.25, -0.2) is 4.39 Å². The predicted molar refractivity (Wildman–Crippen MR) is 73.9 cm³/mol. The zero-order valence-corrected chi connectivity index (χ0v) is 12.9. The maximum Gasteiger partial charge on any atom is 0.156 e. The van der Waals surface area contributed by atoms with Crippen LogP contribution in [-0.2, 0) is 9.47 Å². The van der Waals surface area contributed by atoms with Gasteiger partial charge in [0.25, 0.3) is 0 Å². The van der Waals surface area contributed by atoms with Crippen LogP contribution in [0.4, 0.5) is 4.39 Å². The summed E-state index contributed by atoms with van der Waals surface area (Å²) in [6.07, 6.45) is -3.31. The summed E-state index contributed by atoms with van der Waals surface area (Å²) in [7, 11) is 0. The molecule has 0 radical (unpaired) electrons.